The van der Waals surface area contributed by atoms with Crippen LogP contribution in [0.15, 0.2) is 0 Å². The summed E-state index contributed by atoms with van der Waals surface area (Å²) in [5.41, 5.74) is 0. The molecule has 1 saturated carbocycles. The molecule has 1 amide bonds. The molecule has 1 saturated heterocycles. The number of aliphatic carboxylic acids is 1. The fourth-order valence-electron chi connectivity index (χ4n) is 2.17. The minimum absolute atomic E-state index is 0.0372. The van der Waals surface area contributed by atoms with Crippen LogP contribution in [0.4, 0.5) is 0 Å². The van der Waals surface area contributed by atoms with Gasteiger partial charge in [0.2, 0.25) is 5.91 Å². The third kappa shape index (κ3) is 1.07. The van der Waals surface area contributed by atoms with Crippen LogP contribution in [0.2, 0.25) is 0 Å². The lowest BCUT2D eigenvalue weighted by Crippen LogP contribution is -2.29. The molecule has 12 heavy (non-hydrogen) atoms. The molecule has 2 N–H and O–H groups in total. The number of carbonyl (C=O) groups excluding carboxylic acids is 1. The number of carboxylic acid groups (broad SMARTS) is 1. The summed E-state index contributed by atoms with van der Waals surface area (Å²) in [6, 6.07) is 0.123. The van der Waals surface area contributed by atoms with Crippen LogP contribution in [0, 0.1) is 11.8 Å². The van der Waals surface area contributed by atoms with Crippen LogP contribution in [0.25, 0.3) is 0 Å². The van der Waals surface area contributed by atoms with Crippen molar-refractivity contribution in [1.29, 1.82) is 0 Å². The Morgan fingerprint density at radius 1 is 1.42 bits per heavy atom. The number of amides is 1. The maximum atomic E-state index is 11.1. The van der Waals surface area contributed by atoms with Crippen molar-refractivity contribution in [2.45, 2.75) is 25.3 Å². The molecule has 66 valence electrons. The number of nitrogens with one attached hydrogen (secondary N) is 1. The molecule has 2 bridgehead atoms. The second-order valence-electron chi connectivity index (χ2n) is 3.64. The van der Waals surface area contributed by atoms with Gasteiger partial charge in [-0.25, -0.2) is 0 Å². The molecule has 4 nitrogen and oxygen atoms in total. The zero-order valence-electron chi connectivity index (χ0n) is 6.62. The van der Waals surface area contributed by atoms with E-state index in [1.54, 1.807) is 0 Å². The lowest BCUT2D eigenvalue weighted by molar-refractivity contribution is -0.143. The molecule has 1 heterocycles. The highest BCUT2D eigenvalue weighted by atomic mass is 16.4. The van der Waals surface area contributed by atoms with Gasteiger partial charge in [0.15, 0.2) is 0 Å². The van der Waals surface area contributed by atoms with Crippen LogP contribution in [0.3, 0.4) is 0 Å². The van der Waals surface area contributed by atoms with E-state index in [9.17, 15) is 9.59 Å². The van der Waals surface area contributed by atoms with Crippen LogP contribution in [0.5, 0.6) is 0 Å². The van der Waals surface area contributed by atoms with Crippen molar-refractivity contribution < 1.29 is 14.7 Å². The Labute approximate surface area is 69.9 Å². The summed E-state index contributed by atoms with van der Waals surface area (Å²) in [5.74, 6) is -1.07. The summed E-state index contributed by atoms with van der Waals surface area (Å²) >= 11 is 0. The Morgan fingerprint density at radius 3 is 2.75 bits per heavy atom. The highest BCUT2D eigenvalue weighted by Crippen LogP contribution is 2.34. The predicted octanol–water partition coefficient (Wildman–Crippen LogP) is -0.0143. The molecule has 0 aromatic heterocycles. The zero-order chi connectivity index (χ0) is 8.72. The van der Waals surface area contributed by atoms with E-state index in [2.05, 4.69) is 5.32 Å². The van der Waals surface area contributed by atoms with Crippen LogP contribution in [-0.2, 0) is 9.59 Å². The molecule has 0 spiro atoms. The molecule has 2 fully saturated rings. The number of carboxylic acids is 1. The van der Waals surface area contributed by atoms with Gasteiger partial charge in [-0.2, -0.15) is 0 Å². The van der Waals surface area contributed by atoms with Gasteiger partial charge in [0.25, 0.3) is 0 Å². The molecule has 2 aliphatic rings. The second kappa shape index (κ2) is 2.47. The molecule has 1 aliphatic carbocycles. The maximum Gasteiger partial charge on any atom is 0.306 e. The molecule has 0 aromatic rings. The molecule has 4 heteroatoms. The summed E-state index contributed by atoms with van der Waals surface area (Å²) in [7, 11) is 0. The van der Waals surface area contributed by atoms with Gasteiger partial charge < -0.3 is 10.4 Å². The van der Waals surface area contributed by atoms with Crippen LogP contribution in [-0.4, -0.2) is 23.0 Å². The number of rotatable bonds is 1. The zero-order valence-corrected chi connectivity index (χ0v) is 6.62. The van der Waals surface area contributed by atoms with Gasteiger partial charge in [-0.05, 0) is 19.3 Å². The van der Waals surface area contributed by atoms with Crippen LogP contribution in [0.1, 0.15) is 19.3 Å². The van der Waals surface area contributed by atoms with E-state index in [0.717, 1.165) is 6.42 Å². The third-order valence-corrected chi connectivity index (χ3v) is 2.77. The van der Waals surface area contributed by atoms with E-state index in [-0.39, 0.29) is 23.8 Å². The molecule has 0 aromatic carbocycles. The van der Waals surface area contributed by atoms with Gasteiger partial charge >= 0.3 is 5.97 Å². The first-order chi connectivity index (χ1) is 5.66. The van der Waals surface area contributed by atoms with E-state index in [4.69, 9.17) is 5.11 Å². The fourth-order valence-corrected chi connectivity index (χ4v) is 2.17. The van der Waals surface area contributed by atoms with Gasteiger partial charge in [0, 0.05) is 12.0 Å². The standard InChI is InChI=1S/C8H11NO3/c10-7-4-1-5(8(11)12)3-6(2-4)9-7/h4-6H,1-3H2,(H,9,10)(H,11,12). The van der Waals surface area contributed by atoms with Crippen molar-refractivity contribution >= 4 is 11.9 Å². The van der Waals surface area contributed by atoms with Crippen molar-refractivity contribution in [1.82, 2.24) is 5.32 Å². The highest BCUT2D eigenvalue weighted by molar-refractivity contribution is 5.83. The SMILES string of the molecule is O=C(O)C1CC2CC(C1)C(=O)N2. The quantitative estimate of drug-likeness (QED) is 0.580. The molecule has 0 radical (unpaired) electrons. The Kier molecular flexibility index (Phi) is 1.56. The summed E-state index contributed by atoms with van der Waals surface area (Å²) in [5, 5.41) is 11.5. The Morgan fingerprint density at radius 2 is 2.17 bits per heavy atom. The van der Waals surface area contributed by atoms with Crippen molar-refractivity contribution in [2.75, 3.05) is 0 Å². The largest absolute Gasteiger partial charge is 0.481 e. The van der Waals surface area contributed by atoms with Crippen molar-refractivity contribution in [3.63, 3.8) is 0 Å². The normalized spacial score (nSPS) is 39.3. The highest BCUT2D eigenvalue weighted by Gasteiger charge is 2.41. The van der Waals surface area contributed by atoms with Crippen molar-refractivity contribution in [3.05, 3.63) is 0 Å². The van der Waals surface area contributed by atoms with Gasteiger partial charge in [-0.3, -0.25) is 9.59 Å². The smallest absolute Gasteiger partial charge is 0.306 e. The second-order valence-corrected chi connectivity index (χ2v) is 3.64. The minimum Gasteiger partial charge on any atom is -0.481 e. The van der Waals surface area contributed by atoms with E-state index >= 15 is 0 Å². The lowest BCUT2D eigenvalue weighted by atomic mass is 9.82. The van der Waals surface area contributed by atoms with Crippen molar-refractivity contribution in [2.24, 2.45) is 11.8 Å². The third-order valence-electron chi connectivity index (χ3n) is 2.77. The molecule has 3 atom stereocenters. The van der Waals surface area contributed by atoms with Gasteiger partial charge in [0.05, 0.1) is 5.92 Å². The minimum atomic E-state index is -0.763. The molecule has 3 unspecified atom stereocenters. The Hall–Kier alpha value is -1.06. The summed E-state index contributed by atoms with van der Waals surface area (Å²) < 4.78 is 0. The topological polar surface area (TPSA) is 66.4 Å². The Bertz CT molecular complexity index is 238. The summed E-state index contributed by atoms with van der Waals surface area (Å²) in [6.07, 6.45) is 1.97. The molecule has 2 rings (SSSR count). The van der Waals surface area contributed by atoms with E-state index in [1.165, 1.54) is 0 Å². The molecule has 1 aliphatic heterocycles. The monoisotopic (exact) mass is 169 g/mol. The first kappa shape index (κ1) is 7.58. The first-order valence-electron chi connectivity index (χ1n) is 4.20. The molecular formula is C8H11NO3. The summed E-state index contributed by atoms with van der Waals surface area (Å²) in [4.78, 5) is 21.8. The van der Waals surface area contributed by atoms with E-state index in [0.29, 0.717) is 12.8 Å². The molecular weight excluding hydrogens is 158 g/mol. The average Bonchev–Trinajstić information content (AvgIpc) is 2.26. The predicted molar refractivity (Wildman–Crippen MR) is 40.4 cm³/mol. The number of hydrogen-bond acceptors (Lipinski definition) is 2. The number of hydrogen-bond donors (Lipinski definition) is 2. The van der Waals surface area contributed by atoms with E-state index in [1.807, 2.05) is 0 Å². The number of carbonyl (C=O) groups is 2. The van der Waals surface area contributed by atoms with E-state index < -0.39 is 5.97 Å². The number of fused-ring (bicyclic) bond motifs is 2. The van der Waals surface area contributed by atoms with Crippen LogP contribution >= 0.6 is 0 Å². The van der Waals surface area contributed by atoms with Crippen LogP contribution < -0.4 is 5.32 Å². The van der Waals surface area contributed by atoms with Gasteiger partial charge in [-0.1, -0.05) is 0 Å². The maximum absolute atomic E-state index is 11.1. The van der Waals surface area contributed by atoms with Crippen molar-refractivity contribution in [3.8, 4) is 0 Å². The summed E-state index contributed by atoms with van der Waals surface area (Å²) in [6.45, 7) is 0. The Balaban J connectivity index is 2.10. The lowest BCUT2D eigenvalue weighted by Gasteiger charge is -2.21. The van der Waals surface area contributed by atoms with Gasteiger partial charge in [0.1, 0.15) is 0 Å². The first-order valence-corrected chi connectivity index (χ1v) is 4.20. The fraction of sp³-hybridized carbons (Fsp3) is 0.750. The average molecular weight is 169 g/mol. The van der Waals surface area contributed by atoms with Gasteiger partial charge in [-0.15, -0.1) is 0 Å².